The van der Waals surface area contributed by atoms with Crippen molar-refractivity contribution in [2.75, 3.05) is 0 Å². The molecule has 1 aromatic carbocycles. The average Bonchev–Trinajstić information content (AvgIpc) is 3.13. The molecule has 4 rings (SSSR count). The number of hydrogen-bond donors (Lipinski definition) is 0. The zero-order valence-electron chi connectivity index (χ0n) is 19.4. The van der Waals surface area contributed by atoms with Gasteiger partial charge < -0.3 is 17.6 Å². The normalized spacial score (nSPS) is 17.8. The van der Waals surface area contributed by atoms with E-state index in [1.165, 1.54) is 12.1 Å². The number of hydrogen-bond acceptors (Lipinski definition) is 0. The Morgan fingerprint density at radius 1 is 1.03 bits per heavy atom. The molecule has 2 aromatic rings. The summed E-state index contributed by atoms with van der Waals surface area (Å²) in [7, 11) is 0. The summed E-state index contributed by atoms with van der Waals surface area (Å²) in [6.45, 7) is 6.09. The Morgan fingerprint density at radius 2 is 1.67 bits per heavy atom. The van der Waals surface area contributed by atoms with Gasteiger partial charge in [-0.05, 0) is 62.6 Å². The minimum atomic E-state index is -4.71. The van der Waals surface area contributed by atoms with Gasteiger partial charge in [-0.2, -0.15) is 13.2 Å². The molecular weight excluding hydrogens is 458 g/mol. The highest BCUT2D eigenvalue weighted by molar-refractivity contribution is 6.58. The van der Waals surface area contributed by atoms with E-state index >= 15 is 8.63 Å². The van der Waals surface area contributed by atoms with Crippen LogP contribution in [0.1, 0.15) is 67.8 Å². The average molecular weight is 483 g/mol. The smallest absolute Gasteiger partial charge is 0.393 e. The van der Waals surface area contributed by atoms with E-state index in [9.17, 15) is 13.2 Å². The Hall–Kier alpha value is -2.35. The van der Waals surface area contributed by atoms with Crippen molar-refractivity contribution in [2.24, 2.45) is 0 Å². The fraction of sp³-hybridized carbons (Fsp3) is 0.375. The van der Waals surface area contributed by atoms with E-state index in [4.69, 9.17) is 11.6 Å². The van der Waals surface area contributed by atoms with Crippen LogP contribution in [0.2, 0.25) is 5.02 Å². The van der Waals surface area contributed by atoms with Crippen LogP contribution in [0.3, 0.4) is 0 Å². The van der Waals surface area contributed by atoms with Gasteiger partial charge in [-0.3, -0.25) is 0 Å². The third-order valence-corrected chi connectivity index (χ3v) is 7.29. The number of rotatable bonds is 3. The summed E-state index contributed by atoms with van der Waals surface area (Å²) >= 11 is 5.94. The van der Waals surface area contributed by atoms with Crippen molar-refractivity contribution in [3.63, 3.8) is 0 Å². The van der Waals surface area contributed by atoms with E-state index in [2.05, 4.69) is 0 Å². The number of benzene rings is 1. The van der Waals surface area contributed by atoms with Crippen LogP contribution >= 0.6 is 11.6 Å². The first kappa shape index (κ1) is 23.8. The molecule has 0 radical (unpaired) electrons. The first-order chi connectivity index (χ1) is 15.3. The van der Waals surface area contributed by atoms with Gasteiger partial charge in [0, 0.05) is 34.3 Å². The maximum absolute atomic E-state index is 16.2. The van der Waals surface area contributed by atoms with E-state index in [1.807, 2.05) is 13.8 Å². The fourth-order valence-corrected chi connectivity index (χ4v) is 5.87. The minimum Gasteiger partial charge on any atom is -0.393 e. The van der Waals surface area contributed by atoms with Crippen LogP contribution in [0, 0.1) is 13.8 Å². The molecule has 0 spiro atoms. The molecular formula is C24H25BClF5N2. The molecule has 0 amide bonds. The van der Waals surface area contributed by atoms with Crippen molar-refractivity contribution in [3.05, 3.63) is 73.7 Å². The Kier molecular flexibility index (Phi) is 5.47. The van der Waals surface area contributed by atoms with Gasteiger partial charge in [-0.15, -0.1) is 0 Å². The number of allylic oxidation sites excluding steroid dienone is 2. The first-order valence-electron chi connectivity index (χ1n) is 11.0. The molecule has 0 atom stereocenters. The predicted octanol–water partition coefficient (Wildman–Crippen LogP) is 7.55. The lowest BCUT2D eigenvalue weighted by atomic mass is 9.82. The van der Waals surface area contributed by atoms with Crippen molar-refractivity contribution in [3.8, 4) is 0 Å². The molecule has 1 aromatic heterocycles. The molecule has 0 aliphatic carbocycles. The summed E-state index contributed by atoms with van der Waals surface area (Å²) in [5.74, 6) is 0. The summed E-state index contributed by atoms with van der Waals surface area (Å²) in [5, 5.41) is -0.0629. The molecule has 2 nitrogen and oxygen atoms in total. The van der Waals surface area contributed by atoms with Crippen LogP contribution in [0.25, 0.3) is 5.57 Å². The van der Waals surface area contributed by atoms with Gasteiger partial charge in [0.15, 0.2) is 5.70 Å². The van der Waals surface area contributed by atoms with Gasteiger partial charge in [0.05, 0.1) is 11.1 Å². The van der Waals surface area contributed by atoms with E-state index in [0.717, 1.165) is 26.2 Å². The van der Waals surface area contributed by atoms with Gasteiger partial charge in [-0.1, -0.05) is 31.5 Å². The van der Waals surface area contributed by atoms with Gasteiger partial charge in [0.2, 0.25) is 0 Å². The van der Waals surface area contributed by atoms with Crippen molar-refractivity contribution in [1.29, 1.82) is 0 Å². The molecule has 0 unspecified atom stereocenters. The van der Waals surface area contributed by atoms with Gasteiger partial charge in [0.1, 0.15) is 5.71 Å². The van der Waals surface area contributed by atoms with E-state index < -0.39 is 18.7 Å². The molecule has 0 saturated carbocycles. The van der Waals surface area contributed by atoms with Crippen molar-refractivity contribution in [2.45, 2.75) is 60.6 Å². The van der Waals surface area contributed by atoms with Crippen molar-refractivity contribution >= 4 is 29.9 Å². The summed E-state index contributed by atoms with van der Waals surface area (Å²) in [6, 6.07) is 3.55. The van der Waals surface area contributed by atoms with E-state index in [0.29, 0.717) is 35.4 Å². The van der Waals surface area contributed by atoms with Crippen molar-refractivity contribution in [1.82, 2.24) is 4.48 Å². The van der Waals surface area contributed by atoms with Gasteiger partial charge in [0.25, 0.3) is 0 Å². The summed E-state index contributed by atoms with van der Waals surface area (Å²) in [5.41, 5.74) is 2.76. The number of alkyl halides is 3. The molecule has 2 aliphatic rings. The zero-order chi connectivity index (χ0) is 24.6. The van der Waals surface area contributed by atoms with E-state index in [1.54, 1.807) is 27.7 Å². The Balaban J connectivity index is 2.28. The first-order valence-corrected chi connectivity index (χ1v) is 11.3. The highest BCUT2D eigenvalue weighted by Gasteiger charge is 2.57. The number of nitrogens with zero attached hydrogens (tertiary/aromatic N) is 2. The second kappa shape index (κ2) is 7.59. The third kappa shape index (κ3) is 3.16. The van der Waals surface area contributed by atoms with Gasteiger partial charge >= 0.3 is 13.1 Å². The molecule has 0 saturated heterocycles. The molecule has 0 bridgehead atoms. The second-order valence-electron chi connectivity index (χ2n) is 8.67. The summed E-state index contributed by atoms with van der Waals surface area (Å²) in [4.78, 5) is 0. The van der Waals surface area contributed by atoms with Crippen LogP contribution in [0.4, 0.5) is 21.8 Å². The SMILES string of the molecule is CCC1=C(C)C2=C(c3ccc(Cl)cc3C(F)(F)F)c3c(C)c(CC)c(C)n3[B-](F)(F)[N+]2=C1C. The van der Waals surface area contributed by atoms with Crippen LogP contribution in [-0.4, -0.2) is 21.6 Å². The Bertz CT molecular complexity index is 1290. The van der Waals surface area contributed by atoms with Crippen LogP contribution in [-0.2, 0) is 12.6 Å². The molecule has 0 fully saturated rings. The maximum atomic E-state index is 16.2. The molecule has 3 heterocycles. The van der Waals surface area contributed by atoms with Crippen molar-refractivity contribution < 1.29 is 26.3 Å². The molecule has 2 aliphatic heterocycles. The molecule has 0 N–H and O–H groups in total. The largest absolute Gasteiger partial charge is 0.737 e. The standard InChI is InChI=1S/C24H25BClF5N2/c1-7-17-12(3)22-21(19-10-9-16(26)11-20(19)24(27,28)29)23-13(4)18(8-2)15(6)33(23)25(30,31)32(22)14(17)5/h9-11H,7-8H2,1-6H3. The lowest BCUT2D eigenvalue weighted by Crippen LogP contribution is -2.51. The summed E-state index contributed by atoms with van der Waals surface area (Å²) in [6.07, 6.45) is -3.71. The highest BCUT2D eigenvalue weighted by atomic mass is 35.5. The maximum Gasteiger partial charge on any atom is 0.737 e. The number of halogens is 6. The van der Waals surface area contributed by atoms with Crippen LogP contribution in [0.15, 0.2) is 35.0 Å². The van der Waals surface area contributed by atoms with Crippen LogP contribution in [0.5, 0.6) is 0 Å². The second-order valence-corrected chi connectivity index (χ2v) is 9.11. The lowest BCUT2D eigenvalue weighted by molar-refractivity contribution is -0.363. The molecule has 176 valence electrons. The molecule has 9 heteroatoms. The quantitative estimate of drug-likeness (QED) is 0.315. The molecule has 33 heavy (non-hydrogen) atoms. The van der Waals surface area contributed by atoms with E-state index in [-0.39, 0.29) is 27.6 Å². The zero-order valence-corrected chi connectivity index (χ0v) is 20.1. The van der Waals surface area contributed by atoms with Gasteiger partial charge in [-0.25, -0.2) is 0 Å². The lowest BCUT2D eigenvalue weighted by Gasteiger charge is -2.34. The monoisotopic (exact) mass is 482 g/mol. The van der Waals surface area contributed by atoms with Crippen LogP contribution < -0.4 is 0 Å². The minimum absolute atomic E-state index is 0.0629. The highest BCUT2D eigenvalue weighted by Crippen LogP contribution is 2.49. The Morgan fingerprint density at radius 3 is 2.21 bits per heavy atom. The third-order valence-electron chi connectivity index (χ3n) is 7.05. The predicted molar refractivity (Wildman–Crippen MR) is 123 cm³/mol. The number of fused-ring (bicyclic) bond motifs is 2. The number of aromatic nitrogens is 1. The fourth-order valence-electron chi connectivity index (χ4n) is 5.70. The summed E-state index contributed by atoms with van der Waals surface area (Å²) < 4.78 is 76.8. The Labute approximate surface area is 195 Å². The topological polar surface area (TPSA) is 7.94 Å².